The summed E-state index contributed by atoms with van der Waals surface area (Å²) in [6.45, 7) is 0. The lowest BCUT2D eigenvalue weighted by Gasteiger charge is -2.24. The van der Waals surface area contributed by atoms with Crippen LogP contribution >= 0.6 is 7.92 Å². The largest absolute Gasteiger partial charge is 0.207 e. The summed E-state index contributed by atoms with van der Waals surface area (Å²) in [6.07, 6.45) is 2.05. The average Bonchev–Trinajstić information content (AvgIpc) is 3.03. The van der Waals surface area contributed by atoms with E-state index in [1.165, 1.54) is 40.2 Å². The zero-order chi connectivity index (χ0) is 28.0. The third-order valence-electron chi connectivity index (χ3n) is 7.02. The maximum Gasteiger partial charge on any atom is 0.123 e. The Balaban J connectivity index is 1.57. The molecule has 0 N–H and O–H groups in total. The first-order chi connectivity index (χ1) is 20.2. The number of rotatable bonds is 7. The van der Waals surface area contributed by atoms with Crippen LogP contribution in [-0.2, 0) is 0 Å². The standard InChI is InChI=1S/C38H27F2P/c39-30-23-19-28(20-24-30)27-37(29-21-25-31(40)26-22-29)35-16-8-7-15-34(35)36-17-9-10-18-38(36)41(32-11-3-1-4-12-32)33-13-5-2-6-14-33/h1-27H/b37-27+. The van der Waals surface area contributed by atoms with Gasteiger partial charge in [0.2, 0.25) is 0 Å². The predicted octanol–water partition coefficient (Wildman–Crippen LogP) is 8.98. The molecule has 0 aromatic heterocycles. The molecule has 41 heavy (non-hydrogen) atoms. The molecule has 0 fully saturated rings. The van der Waals surface area contributed by atoms with Crippen molar-refractivity contribution in [2.75, 3.05) is 0 Å². The molecular formula is C38H27F2P. The molecule has 0 aliphatic heterocycles. The van der Waals surface area contributed by atoms with Crippen molar-refractivity contribution >= 4 is 35.5 Å². The van der Waals surface area contributed by atoms with Crippen molar-refractivity contribution in [3.63, 3.8) is 0 Å². The topological polar surface area (TPSA) is 0 Å². The highest BCUT2D eigenvalue weighted by atomic mass is 31.1. The van der Waals surface area contributed by atoms with Crippen molar-refractivity contribution in [2.45, 2.75) is 0 Å². The highest BCUT2D eigenvalue weighted by Crippen LogP contribution is 2.40. The molecule has 0 bridgehead atoms. The molecule has 0 aliphatic rings. The van der Waals surface area contributed by atoms with Crippen molar-refractivity contribution in [1.29, 1.82) is 0 Å². The summed E-state index contributed by atoms with van der Waals surface area (Å²) in [6, 6.07) is 51.3. The lowest BCUT2D eigenvalue weighted by Crippen LogP contribution is -2.22. The van der Waals surface area contributed by atoms with Crippen LogP contribution in [0.1, 0.15) is 16.7 Å². The molecule has 0 unspecified atom stereocenters. The maximum absolute atomic E-state index is 14.0. The molecule has 6 aromatic rings. The van der Waals surface area contributed by atoms with E-state index in [2.05, 4.69) is 103 Å². The lowest BCUT2D eigenvalue weighted by atomic mass is 9.89. The summed E-state index contributed by atoms with van der Waals surface area (Å²) in [4.78, 5) is 0. The van der Waals surface area contributed by atoms with Gasteiger partial charge in [-0.2, -0.15) is 0 Å². The number of hydrogen-bond donors (Lipinski definition) is 0. The van der Waals surface area contributed by atoms with E-state index >= 15 is 0 Å². The summed E-state index contributed by atoms with van der Waals surface area (Å²) >= 11 is 0. The molecule has 0 spiro atoms. The Morgan fingerprint density at radius 1 is 0.463 bits per heavy atom. The second kappa shape index (κ2) is 12.3. The third kappa shape index (κ3) is 5.94. The molecule has 198 valence electrons. The van der Waals surface area contributed by atoms with Gasteiger partial charge in [0.05, 0.1) is 0 Å². The van der Waals surface area contributed by atoms with Crippen molar-refractivity contribution in [1.82, 2.24) is 0 Å². The van der Waals surface area contributed by atoms with Gasteiger partial charge in [-0.25, -0.2) is 8.78 Å². The molecule has 0 amide bonds. The van der Waals surface area contributed by atoms with E-state index in [1.54, 1.807) is 24.3 Å². The second-order valence-corrected chi connectivity index (χ2v) is 11.9. The van der Waals surface area contributed by atoms with Crippen LogP contribution in [0.2, 0.25) is 0 Å². The van der Waals surface area contributed by atoms with Crippen LogP contribution in [0.3, 0.4) is 0 Å². The maximum atomic E-state index is 14.0. The first-order valence-electron chi connectivity index (χ1n) is 13.5. The molecule has 0 heterocycles. The van der Waals surface area contributed by atoms with Gasteiger partial charge in [0.15, 0.2) is 0 Å². The Labute approximate surface area is 241 Å². The van der Waals surface area contributed by atoms with Crippen LogP contribution in [0.4, 0.5) is 8.78 Å². The fourth-order valence-electron chi connectivity index (χ4n) is 5.10. The zero-order valence-electron chi connectivity index (χ0n) is 22.3. The number of benzene rings is 6. The van der Waals surface area contributed by atoms with Crippen LogP contribution < -0.4 is 15.9 Å². The Morgan fingerprint density at radius 2 is 0.951 bits per heavy atom. The monoisotopic (exact) mass is 552 g/mol. The predicted molar refractivity (Wildman–Crippen MR) is 170 cm³/mol. The first-order valence-corrected chi connectivity index (χ1v) is 14.8. The molecular weight excluding hydrogens is 525 g/mol. The van der Waals surface area contributed by atoms with Gasteiger partial charge < -0.3 is 0 Å². The second-order valence-electron chi connectivity index (χ2n) is 9.69. The SMILES string of the molecule is Fc1ccc(/C=C(\c2ccc(F)cc2)c2ccccc2-c2ccccc2P(c2ccccc2)c2ccccc2)cc1. The van der Waals surface area contributed by atoms with E-state index in [9.17, 15) is 8.78 Å². The van der Waals surface area contributed by atoms with Gasteiger partial charge in [0.25, 0.3) is 0 Å². The number of hydrogen-bond acceptors (Lipinski definition) is 0. The van der Waals surface area contributed by atoms with Crippen LogP contribution in [-0.4, -0.2) is 0 Å². The molecule has 0 saturated heterocycles. The van der Waals surface area contributed by atoms with E-state index in [0.717, 1.165) is 33.4 Å². The van der Waals surface area contributed by atoms with Gasteiger partial charge in [-0.3, -0.25) is 0 Å². The Bertz CT molecular complexity index is 1740. The Hall–Kier alpha value is -4.65. The summed E-state index contributed by atoms with van der Waals surface area (Å²) in [5.74, 6) is -0.570. The minimum Gasteiger partial charge on any atom is -0.207 e. The minimum atomic E-state index is -0.843. The smallest absolute Gasteiger partial charge is 0.123 e. The summed E-state index contributed by atoms with van der Waals surface area (Å²) < 4.78 is 27.7. The molecule has 0 atom stereocenters. The van der Waals surface area contributed by atoms with Crippen molar-refractivity contribution < 1.29 is 8.78 Å². The van der Waals surface area contributed by atoms with Crippen LogP contribution in [0.5, 0.6) is 0 Å². The summed E-state index contributed by atoms with van der Waals surface area (Å²) in [5.41, 5.74) is 5.94. The molecule has 6 rings (SSSR count). The third-order valence-corrected chi connectivity index (χ3v) is 9.52. The van der Waals surface area contributed by atoms with Crippen LogP contribution in [0.15, 0.2) is 158 Å². The van der Waals surface area contributed by atoms with E-state index in [0.29, 0.717) is 0 Å². The van der Waals surface area contributed by atoms with E-state index < -0.39 is 7.92 Å². The van der Waals surface area contributed by atoms with Crippen LogP contribution in [0.25, 0.3) is 22.8 Å². The fourth-order valence-corrected chi connectivity index (χ4v) is 7.57. The van der Waals surface area contributed by atoms with E-state index in [-0.39, 0.29) is 11.6 Å². The van der Waals surface area contributed by atoms with Gasteiger partial charge in [-0.15, -0.1) is 0 Å². The van der Waals surface area contributed by atoms with Crippen molar-refractivity contribution in [3.8, 4) is 11.1 Å². The zero-order valence-corrected chi connectivity index (χ0v) is 23.2. The lowest BCUT2D eigenvalue weighted by molar-refractivity contribution is 0.627. The normalized spacial score (nSPS) is 11.5. The van der Waals surface area contributed by atoms with E-state index in [1.807, 2.05) is 12.1 Å². The molecule has 0 saturated carbocycles. The van der Waals surface area contributed by atoms with Crippen molar-refractivity contribution in [3.05, 3.63) is 186 Å². The van der Waals surface area contributed by atoms with Gasteiger partial charge in [0, 0.05) is 0 Å². The highest BCUT2D eigenvalue weighted by molar-refractivity contribution is 7.80. The summed E-state index contributed by atoms with van der Waals surface area (Å²) in [5, 5.41) is 3.81. The molecule has 6 aromatic carbocycles. The molecule has 0 radical (unpaired) electrons. The highest BCUT2D eigenvalue weighted by Gasteiger charge is 2.22. The van der Waals surface area contributed by atoms with Gasteiger partial charge in [0.1, 0.15) is 11.6 Å². The molecule has 0 aliphatic carbocycles. The van der Waals surface area contributed by atoms with Crippen molar-refractivity contribution in [2.24, 2.45) is 0 Å². The Morgan fingerprint density at radius 3 is 1.56 bits per heavy atom. The average molecular weight is 553 g/mol. The van der Waals surface area contributed by atoms with Gasteiger partial charge in [-0.05, 0) is 87.6 Å². The molecule has 3 heteroatoms. The fraction of sp³-hybridized carbons (Fsp3) is 0. The minimum absolute atomic E-state index is 0.282. The first kappa shape index (κ1) is 26.6. The van der Waals surface area contributed by atoms with Gasteiger partial charge in [-0.1, -0.05) is 133 Å². The summed E-state index contributed by atoms with van der Waals surface area (Å²) in [7, 11) is -0.843. The molecule has 0 nitrogen and oxygen atoms in total. The number of halogens is 2. The van der Waals surface area contributed by atoms with Crippen LogP contribution in [0, 0.1) is 11.6 Å². The van der Waals surface area contributed by atoms with Gasteiger partial charge >= 0.3 is 0 Å². The Kier molecular flexibility index (Phi) is 7.94. The quantitative estimate of drug-likeness (QED) is 0.137. The van der Waals surface area contributed by atoms with E-state index in [4.69, 9.17) is 0 Å².